The molecule has 0 bridgehead atoms. The van der Waals surface area contributed by atoms with E-state index in [4.69, 9.17) is 0 Å². The van der Waals surface area contributed by atoms with Crippen molar-refractivity contribution in [2.75, 3.05) is 0 Å². The average Bonchev–Trinajstić information content (AvgIpc) is 2.49. The van der Waals surface area contributed by atoms with Gasteiger partial charge in [0.05, 0.1) is 6.20 Å². The third-order valence-corrected chi connectivity index (χ3v) is 3.96. The van der Waals surface area contributed by atoms with Gasteiger partial charge in [-0.15, -0.1) is 5.10 Å². The Balaban J connectivity index is 1.89. The lowest BCUT2D eigenvalue weighted by Crippen LogP contribution is -1.93. The number of fused-ring (bicyclic) bond motifs is 1. The van der Waals surface area contributed by atoms with Crippen molar-refractivity contribution in [1.29, 1.82) is 0 Å². The van der Waals surface area contributed by atoms with Gasteiger partial charge in [-0.1, -0.05) is 48.2 Å². The molecule has 0 aliphatic rings. The summed E-state index contributed by atoms with van der Waals surface area (Å²) in [6.07, 6.45) is 1.68. The lowest BCUT2D eigenvalue weighted by molar-refractivity contribution is 0.502. The third-order valence-electron chi connectivity index (χ3n) is 2.93. The molecule has 0 amide bonds. The van der Waals surface area contributed by atoms with Crippen LogP contribution >= 0.6 is 11.8 Å². The van der Waals surface area contributed by atoms with Crippen LogP contribution in [0.5, 0.6) is 0 Å². The van der Waals surface area contributed by atoms with E-state index in [9.17, 15) is 8.78 Å². The molecule has 3 aromatic rings. The molecule has 0 fully saturated rings. The molecule has 0 aliphatic carbocycles. The van der Waals surface area contributed by atoms with E-state index >= 15 is 0 Å². The number of rotatable bonds is 3. The molecule has 0 spiro atoms. The van der Waals surface area contributed by atoms with Crippen molar-refractivity contribution in [3.63, 3.8) is 0 Å². The molecule has 0 unspecified atom stereocenters. The maximum absolute atomic E-state index is 13.6. The molecule has 0 atom stereocenters. The Kier molecular flexibility index (Phi) is 3.60. The molecule has 2 nitrogen and oxygen atoms in total. The molecular formula is C15H10F2N2S. The van der Waals surface area contributed by atoms with Crippen molar-refractivity contribution in [2.24, 2.45) is 0 Å². The number of benzene rings is 2. The number of nitrogens with zero attached hydrogens (tertiary/aromatic N) is 2. The average molecular weight is 288 g/mol. The van der Waals surface area contributed by atoms with Crippen LogP contribution in [-0.2, 0) is 5.75 Å². The van der Waals surface area contributed by atoms with Gasteiger partial charge in [0.15, 0.2) is 11.6 Å². The monoisotopic (exact) mass is 288 g/mol. The van der Waals surface area contributed by atoms with Crippen molar-refractivity contribution in [1.82, 2.24) is 10.2 Å². The van der Waals surface area contributed by atoms with Crippen LogP contribution in [-0.4, -0.2) is 10.2 Å². The van der Waals surface area contributed by atoms with E-state index < -0.39 is 11.6 Å². The summed E-state index contributed by atoms with van der Waals surface area (Å²) in [4.78, 5) is 0. The fourth-order valence-electron chi connectivity index (χ4n) is 1.91. The largest absolute Gasteiger partial charge is 0.204 e. The van der Waals surface area contributed by atoms with E-state index in [1.54, 1.807) is 12.3 Å². The maximum Gasteiger partial charge on any atom is 0.162 e. The van der Waals surface area contributed by atoms with Crippen LogP contribution in [0.25, 0.3) is 10.8 Å². The molecule has 5 heteroatoms. The second-order valence-corrected chi connectivity index (χ2v) is 5.20. The number of hydrogen-bond acceptors (Lipinski definition) is 3. The molecule has 0 N–H and O–H groups in total. The highest BCUT2D eigenvalue weighted by atomic mass is 32.2. The third kappa shape index (κ3) is 2.49. The molecule has 3 rings (SSSR count). The fourth-order valence-corrected chi connectivity index (χ4v) is 2.88. The lowest BCUT2D eigenvalue weighted by atomic mass is 10.2. The van der Waals surface area contributed by atoms with E-state index in [-0.39, 0.29) is 0 Å². The van der Waals surface area contributed by atoms with Gasteiger partial charge in [-0.05, 0) is 6.07 Å². The van der Waals surface area contributed by atoms with Gasteiger partial charge in [-0.2, -0.15) is 5.10 Å². The molecule has 20 heavy (non-hydrogen) atoms. The van der Waals surface area contributed by atoms with Crippen molar-refractivity contribution in [3.05, 3.63) is 65.9 Å². The van der Waals surface area contributed by atoms with Crippen molar-refractivity contribution in [2.45, 2.75) is 10.8 Å². The Hall–Kier alpha value is -2.01. The highest BCUT2D eigenvalue weighted by Crippen LogP contribution is 2.28. The number of aromatic nitrogens is 2. The highest BCUT2D eigenvalue weighted by Gasteiger charge is 2.10. The summed E-state index contributed by atoms with van der Waals surface area (Å²) in [6.45, 7) is 0. The highest BCUT2D eigenvalue weighted by molar-refractivity contribution is 7.98. The zero-order chi connectivity index (χ0) is 13.9. The Bertz CT molecular complexity index is 756. The predicted molar refractivity (Wildman–Crippen MR) is 75.5 cm³/mol. The van der Waals surface area contributed by atoms with E-state index in [0.717, 1.165) is 16.8 Å². The smallest absolute Gasteiger partial charge is 0.162 e. The predicted octanol–water partition coefficient (Wildman–Crippen LogP) is 4.20. The molecule has 2 aromatic carbocycles. The molecule has 1 aromatic heterocycles. The minimum absolute atomic E-state index is 0.312. The van der Waals surface area contributed by atoms with Crippen molar-refractivity contribution >= 4 is 22.5 Å². The molecule has 0 saturated heterocycles. The zero-order valence-electron chi connectivity index (χ0n) is 10.4. The van der Waals surface area contributed by atoms with Gasteiger partial charge in [0.2, 0.25) is 0 Å². The molecule has 0 aliphatic heterocycles. The Labute approximate surface area is 118 Å². The maximum atomic E-state index is 13.6. The van der Waals surface area contributed by atoms with E-state index in [1.807, 2.05) is 24.3 Å². The first-order chi connectivity index (χ1) is 9.75. The van der Waals surface area contributed by atoms with Crippen LogP contribution in [0.3, 0.4) is 0 Å². The van der Waals surface area contributed by atoms with E-state index in [0.29, 0.717) is 16.3 Å². The Morgan fingerprint density at radius 2 is 1.85 bits per heavy atom. The number of halogens is 2. The second kappa shape index (κ2) is 5.54. The standard InChI is InChI=1S/C15H10F2N2S/c16-13-7-3-5-11(14(13)17)9-20-15-12-6-2-1-4-10(12)8-18-19-15/h1-8H,9H2. The van der Waals surface area contributed by atoms with Crippen molar-refractivity contribution < 1.29 is 8.78 Å². The first-order valence-corrected chi connectivity index (χ1v) is 7.00. The first kappa shape index (κ1) is 13.0. The van der Waals surface area contributed by atoms with Gasteiger partial charge in [0.1, 0.15) is 5.03 Å². The van der Waals surface area contributed by atoms with Crippen LogP contribution in [0, 0.1) is 11.6 Å². The van der Waals surface area contributed by atoms with Crippen LogP contribution in [0.15, 0.2) is 53.7 Å². The topological polar surface area (TPSA) is 25.8 Å². The van der Waals surface area contributed by atoms with E-state index in [2.05, 4.69) is 10.2 Å². The van der Waals surface area contributed by atoms with Crippen LogP contribution in [0.4, 0.5) is 8.78 Å². The van der Waals surface area contributed by atoms with Crippen LogP contribution < -0.4 is 0 Å². The summed E-state index contributed by atoms with van der Waals surface area (Å²) in [5.74, 6) is -1.31. The summed E-state index contributed by atoms with van der Waals surface area (Å²) >= 11 is 1.35. The van der Waals surface area contributed by atoms with Gasteiger partial charge in [0.25, 0.3) is 0 Å². The molecular weight excluding hydrogens is 278 g/mol. The minimum Gasteiger partial charge on any atom is -0.204 e. The summed E-state index contributed by atoms with van der Waals surface area (Å²) in [5, 5.41) is 10.7. The van der Waals surface area contributed by atoms with E-state index in [1.165, 1.54) is 17.8 Å². The molecule has 1 heterocycles. The molecule has 100 valence electrons. The Morgan fingerprint density at radius 3 is 2.75 bits per heavy atom. The fraction of sp³-hybridized carbons (Fsp3) is 0.0667. The normalized spacial score (nSPS) is 10.9. The van der Waals surface area contributed by atoms with Crippen molar-refractivity contribution in [3.8, 4) is 0 Å². The van der Waals surface area contributed by atoms with Gasteiger partial charge >= 0.3 is 0 Å². The molecule has 0 saturated carbocycles. The summed E-state index contributed by atoms with van der Waals surface area (Å²) in [5.41, 5.74) is 0.324. The van der Waals surface area contributed by atoms with Gasteiger partial charge in [-0.25, -0.2) is 8.78 Å². The van der Waals surface area contributed by atoms with Gasteiger partial charge < -0.3 is 0 Å². The first-order valence-electron chi connectivity index (χ1n) is 6.02. The minimum atomic E-state index is -0.827. The zero-order valence-corrected chi connectivity index (χ0v) is 11.2. The second-order valence-electron chi connectivity index (χ2n) is 4.24. The lowest BCUT2D eigenvalue weighted by Gasteiger charge is -2.05. The number of hydrogen-bond donors (Lipinski definition) is 0. The Morgan fingerprint density at radius 1 is 1.00 bits per heavy atom. The SMILES string of the molecule is Fc1cccc(CSc2nncc3ccccc23)c1F. The quantitative estimate of drug-likeness (QED) is 0.675. The molecule has 0 radical (unpaired) electrons. The summed E-state index contributed by atoms with van der Waals surface area (Å²) in [7, 11) is 0. The summed E-state index contributed by atoms with van der Waals surface area (Å²) < 4.78 is 26.7. The summed E-state index contributed by atoms with van der Waals surface area (Å²) in [6, 6.07) is 11.9. The van der Waals surface area contributed by atoms with Gasteiger partial charge in [0, 0.05) is 22.1 Å². The van der Waals surface area contributed by atoms with Gasteiger partial charge in [-0.3, -0.25) is 0 Å². The number of thioether (sulfide) groups is 1. The van der Waals surface area contributed by atoms with Crippen LogP contribution in [0.2, 0.25) is 0 Å². The van der Waals surface area contributed by atoms with Crippen LogP contribution in [0.1, 0.15) is 5.56 Å².